The van der Waals surface area contributed by atoms with Gasteiger partial charge in [0.2, 0.25) is 5.96 Å². The van der Waals surface area contributed by atoms with Crippen LogP contribution in [0.1, 0.15) is 11.1 Å². The molecule has 0 aliphatic heterocycles. The van der Waals surface area contributed by atoms with Gasteiger partial charge in [0.15, 0.2) is 0 Å². The molecule has 0 aromatic heterocycles. The van der Waals surface area contributed by atoms with Crippen molar-refractivity contribution >= 4 is 12.2 Å². The highest BCUT2D eigenvalue weighted by molar-refractivity contribution is 5.81. The lowest BCUT2D eigenvalue weighted by atomic mass is 10.1. The average molecular weight is 216 g/mol. The van der Waals surface area contributed by atoms with E-state index >= 15 is 0 Å². The first-order valence-electron chi connectivity index (χ1n) is 4.54. The Morgan fingerprint density at radius 3 is 2.56 bits per heavy atom. The molecule has 0 saturated carbocycles. The summed E-state index contributed by atoms with van der Waals surface area (Å²) in [4.78, 5) is 0. The number of benzene rings is 1. The highest BCUT2D eigenvalue weighted by atomic mass is 16.2. The number of guanidine groups is 1. The van der Waals surface area contributed by atoms with E-state index in [1.165, 1.54) is 6.21 Å². The first kappa shape index (κ1) is 11.8. The Bertz CT molecular complexity index is 447. The minimum atomic E-state index is -0.145. The summed E-state index contributed by atoms with van der Waals surface area (Å²) in [7, 11) is 0. The van der Waals surface area contributed by atoms with Crippen LogP contribution in [0.4, 0.5) is 0 Å². The first-order valence-corrected chi connectivity index (χ1v) is 4.54. The minimum Gasteiger partial charge on any atom is -0.384 e. The molecule has 0 radical (unpaired) electrons. The van der Waals surface area contributed by atoms with Crippen molar-refractivity contribution < 1.29 is 5.11 Å². The van der Waals surface area contributed by atoms with Gasteiger partial charge in [0.25, 0.3) is 0 Å². The number of hydrogen-bond donors (Lipinski definition) is 3. The Balaban J connectivity index is 2.72. The van der Waals surface area contributed by atoms with Gasteiger partial charge in [0, 0.05) is 5.56 Å². The fraction of sp³-hybridized carbons (Fsp3) is 0.0909. The minimum absolute atomic E-state index is 0.0818. The average Bonchev–Trinajstić information content (AvgIpc) is 2.27. The van der Waals surface area contributed by atoms with Crippen molar-refractivity contribution in [2.75, 3.05) is 6.61 Å². The fourth-order valence-electron chi connectivity index (χ4n) is 0.956. The van der Waals surface area contributed by atoms with E-state index in [1.54, 1.807) is 0 Å². The maximum atomic E-state index is 8.52. The molecule has 1 aromatic carbocycles. The Morgan fingerprint density at radius 2 is 2.00 bits per heavy atom. The smallest absolute Gasteiger partial charge is 0.211 e. The number of rotatable bonds is 2. The lowest BCUT2D eigenvalue weighted by Gasteiger charge is -1.92. The summed E-state index contributed by atoms with van der Waals surface area (Å²) in [6.45, 7) is -0.145. The van der Waals surface area contributed by atoms with Crippen molar-refractivity contribution in [3.63, 3.8) is 0 Å². The van der Waals surface area contributed by atoms with Gasteiger partial charge in [-0.2, -0.15) is 5.10 Å². The van der Waals surface area contributed by atoms with Gasteiger partial charge >= 0.3 is 0 Å². The first-order chi connectivity index (χ1) is 7.72. The van der Waals surface area contributed by atoms with Gasteiger partial charge in [0.1, 0.15) is 6.61 Å². The van der Waals surface area contributed by atoms with Crippen LogP contribution in [0.5, 0.6) is 0 Å². The number of aliphatic hydroxyl groups excluding tert-OH is 1. The van der Waals surface area contributed by atoms with E-state index in [4.69, 9.17) is 16.6 Å². The highest BCUT2D eigenvalue weighted by Gasteiger charge is 1.88. The zero-order chi connectivity index (χ0) is 11.8. The van der Waals surface area contributed by atoms with Crippen molar-refractivity contribution in [2.24, 2.45) is 21.7 Å². The van der Waals surface area contributed by atoms with Gasteiger partial charge in [-0.15, -0.1) is 5.10 Å². The molecule has 0 heterocycles. The summed E-state index contributed by atoms with van der Waals surface area (Å²) in [6.07, 6.45) is 1.53. The summed E-state index contributed by atoms with van der Waals surface area (Å²) in [5, 5.41) is 15.7. The van der Waals surface area contributed by atoms with Crippen LogP contribution < -0.4 is 11.5 Å². The maximum Gasteiger partial charge on any atom is 0.211 e. The largest absolute Gasteiger partial charge is 0.384 e. The van der Waals surface area contributed by atoms with Crippen molar-refractivity contribution in [3.05, 3.63) is 35.4 Å². The predicted molar refractivity (Wildman–Crippen MR) is 63.8 cm³/mol. The van der Waals surface area contributed by atoms with E-state index < -0.39 is 0 Å². The van der Waals surface area contributed by atoms with E-state index in [1.807, 2.05) is 24.3 Å². The van der Waals surface area contributed by atoms with Crippen molar-refractivity contribution in [3.8, 4) is 11.8 Å². The normalized spacial score (nSPS) is 9.56. The third kappa shape index (κ3) is 4.26. The topological polar surface area (TPSA) is 97.0 Å². The molecule has 0 amide bonds. The molecule has 1 rings (SSSR count). The lowest BCUT2D eigenvalue weighted by Crippen LogP contribution is -2.21. The maximum absolute atomic E-state index is 8.52. The molecule has 16 heavy (non-hydrogen) atoms. The van der Waals surface area contributed by atoms with Crippen LogP contribution in [0.3, 0.4) is 0 Å². The summed E-state index contributed by atoms with van der Waals surface area (Å²) in [6, 6.07) is 7.29. The molecule has 0 atom stereocenters. The molecule has 1 aromatic rings. The van der Waals surface area contributed by atoms with Crippen molar-refractivity contribution in [1.82, 2.24) is 0 Å². The second-order valence-corrected chi connectivity index (χ2v) is 2.85. The number of aliphatic hydroxyl groups is 1. The number of nitrogens with zero attached hydrogens (tertiary/aromatic N) is 2. The van der Waals surface area contributed by atoms with E-state index in [0.29, 0.717) is 0 Å². The van der Waals surface area contributed by atoms with E-state index in [-0.39, 0.29) is 12.6 Å². The van der Waals surface area contributed by atoms with Crippen molar-refractivity contribution in [1.29, 1.82) is 0 Å². The predicted octanol–water partition coefficient (Wildman–Crippen LogP) is -0.362. The van der Waals surface area contributed by atoms with Crippen LogP contribution in [0.15, 0.2) is 34.5 Å². The second kappa shape index (κ2) is 6.22. The van der Waals surface area contributed by atoms with Gasteiger partial charge < -0.3 is 16.6 Å². The van der Waals surface area contributed by atoms with Crippen LogP contribution in [0.25, 0.3) is 0 Å². The molecule has 5 heteroatoms. The standard InChI is InChI=1S/C11H12N4O/c12-11(13)15-14-8-10-5-3-9(4-6-10)2-1-7-16/h3-6,8,16H,7H2,(H4,12,13,15). The summed E-state index contributed by atoms with van der Waals surface area (Å²) in [5.74, 6) is 5.26. The molecule has 0 unspecified atom stereocenters. The number of nitrogens with two attached hydrogens (primary N) is 2. The highest BCUT2D eigenvalue weighted by Crippen LogP contribution is 2.00. The van der Waals surface area contributed by atoms with Crippen molar-refractivity contribution in [2.45, 2.75) is 0 Å². The van der Waals surface area contributed by atoms with Crippen LogP contribution in [-0.2, 0) is 0 Å². The molecule has 0 saturated heterocycles. The molecule has 0 fully saturated rings. The zero-order valence-electron chi connectivity index (χ0n) is 8.59. The summed E-state index contributed by atoms with van der Waals surface area (Å²) in [5.41, 5.74) is 11.9. The molecule has 0 aliphatic carbocycles. The Kier molecular flexibility index (Phi) is 4.57. The van der Waals surface area contributed by atoms with Gasteiger partial charge in [0.05, 0.1) is 6.21 Å². The van der Waals surface area contributed by atoms with Gasteiger partial charge in [-0.05, 0) is 17.7 Å². The zero-order valence-corrected chi connectivity index (χ0v) is 8.59. The second-order valence-electron chi connectivity index (χ2n) is 2.85. The Morgan fingerprint density at radius 1 is 1.31 bits per heavy atom. The molecule has 82 valence electrons. The molecule has 5 N–H and O–H groups in total. The fourth-order valence-corrected chi connectivity index (χ4v) is 0.956. The van der Waals surface area contributed by atoms with Gasteiger partial charge in [-0.1, -0.05) is 24.0 Å². The molecule has 0 aliphatic rings. The Hall–Kier alpha value is -2.32. The van der Waals surface area contributed by atoms with E-state index in [0.717, 1.165) is 11.1 Å². The quantitative estimate of drug-likeness (QED) is 0.272. The van der Waals surface area contributed by atoms with Crippen LogP contribution in [0.2, 0.25) is 0 Å². The van der Waals surface area contributed by atoms with E-state index in [9.17, 15) is 0 Å². The van der Waals surface area contributed by atoms with E-state index in [2.05, 4.69) is 22.0 Å². The molecule has 0 bridgehead atoms. The molecular formula is C11H12N4O. The molecule has 5 nitrogen and oxygen atoms in total. The third-order valence-corrected chi connectivity index (χ3v) is 1.60. The Labute approximate surface area is 93.5 Å². The molecular weight excluding hydrogens is 204 g/mol. The lowest BCUT2D eigenvalue weighted by molar-refractivity contribution is 0.350. The van der Waals surface area contributed by atoms with Gasteiger partial charge in [-0.3, -0.25) is 0 Å². The van der Waals surface area contributed by atoms with Crippen LogP contribution >= 0.6 is 0 Å². The SMILES string of the molecule is NC(N)=NN=Cc1ccc(C#CCO)cc1. The summed E-state index contributed by atoms with van der Waals surface area (Å²) < 4.78 is 0. The van der Waals surface area contributed by atoms with Gasteiger partial charge in [-0.25, -0.2) is 0 Å². The summed E-state index contributed by atoms with van der Waals surface area (Å²) >= 11 is 0. The van der Waals surface area contributed by atoms with Crippen LogP contribution in [0, 0.1) is 11.8 Å². The monoisotopic (exact) mass is 216 g/mol. The number of hydrogen-bond acceptors (Lipinski definition) is 3. The third-order valence-electron chi connectivity index (χ3n) is 1.60. The molecule has 0 spiro atoms. The van der Waals surface area contributed by atoms with Crippen LogP contribution in [-0.4, -0.2) is 23.9 Å².